The zero-order valence-corrected chi connectivity index (χ0v) is 7.47. The maximum Gasteiger partial charge on any atom is 0.0811 e. The minimum absolute atomic E-state index is 0.425. The van der Waals surface area contributed by atoms with E-state index in [4.69, 9.17) is 4.74 Å². The van der Waals surface area contributed by atoms with E-state index in [-0.39, 0.29) is 0 Å². The highest BCUT2D eigenvalue weighted by molar-refractivity contribution is 4.79. The first-order valence-corrected chi connectivity index (χ1v) is 4.54. The molecule has 2 nitrogen and oxygen atoms in total. The fourth-order valence-electron chi connectivity index (χ4n) is 1.27. The highest BCUT2D eigenvalue weighted by atomic mass is 16.6. The Morgan fingerprint density at radius 2 is 2.00 bits per heavy atom. The van der Waals surface area contributed by atoms with Gasteiger partial charge in [0.05, 0.1) is 18.3 Å². The number of rotatable bonds is 5. The van der Waals surface area contributed by atoms with Crippen molar-refractivity contribution >= 4 is 0 Å². The molecule has 1 fully saturated rings. The van der Waals surface area contributed by atoms with Crippen LogP contribution < -0.4 is 0 Å². The second-order valence-electron chi connectivity index (χ2n) is 3.43. The first kappa shape index (κ1) is 9.01. The summed E-state index contributed by atoms with van der Waals surface area (Å²) < 4.78 is 5.08. The fourth-order valence-corrected chi connectivity index (χ4v) is 1.27. The summed E-state index contributed by atoms with van der Waals surface area (Å²) in [7, 11) is 0. The predicted octanol–water partition coefficient (Wildman–Crippen LogP) is 1.72. The van der Waals surface area contributed by atoms with E-state index < -0.39 is 5.60 Å². The molecule has 1 aliphatic heterocycles. The van der Waals surface area contributed by atoms with Crippen molar-refractivity contribution in [3.05, 3.63) is 0 Å². The van der Waals surface area contributed by atoms with Gasteiger partial charge in [0.15, 0.2) is 0 Å². The third-order valence-electron chi connectivity index (χ3n) is 2.65. The molecule has 0 spiro atoms. The zero-order valence-electron chi connectivity index (χ0n) is 7.47. The minimum atomic E-state index is -0.425. The van der Waals surface area contributed by atoms with E-state index in [1.54, 1.807) is 0 Å². The first-order valence-electron chi connectivity index (χ1n) is 4.54. The molecule has 0 amide bonds. The van der Waals surface area contributed by atoms with Gasteiger partial charge in [-0.15, -0.1) is 0 Å². The Bertz CT molecular complexity index is 115. The Labute approximate surface area is 68.6 Å². The van der Waals surface area contributed by atoms with Gasteiger partial charge in [0, 0.05) is 0 Å². The van der Waals surface area contributed by atoms with Crippen molar-refractivity contribution in [2.75, 3.05) is 6.61 Å². The Kier molecular flexibility index (Phi) is 2.90. The van der Waals surface area contributed by atoms with E-state index in [0.717, 1.165) is 32.3 Å². The molecule has 1 unspecified atom stereocenters. The molecule has 0 aromatic carbocycles. The van der Waals surface area contributed by atoms with Gasteiger partial charge >= 0.3 is 0 Å². The number of epoxide rings is 1. The average Bonchev–Trinajstić information content (AvgIpc) is 2.83. The smallest absolute Gasteiger partial charge is 0.0811 e. The first-order chi connectivity index (χ1) is 5.20. The lowest BCUT2D eigenvalue weighted by molar-refractivity contribution is 0.0199. The van der Waals surface area contributed by atoms with Crippen LogP contribution in [0.2, 0.25) is 0 Å². The summed E-state index contributed by atoms with van der Waals surface area (Å²) in [6, 6.07) is 0. The monoisotopic (exact) mass is 158 g/mol. The molecule has 66 valence electrons. The average molecular weight is 158 g/mol. The SMILES string of the molecule is CCC(O)(CC)CCC1CO1. The molecule has 1 N–H and O–H groups in total. The van der Waals surface area contributed by atoms with Crippen LogP contribution in [0.25, 0.3) is 0 Å². The minimum Gasteiger partial charge on any atom is -0.390 e. The second kappa shape index (κ2) is 3.55. The van der Waals surface area contributed by atoms with Crippen LogP contribution in [0.1, 0.15) is 39.5 Å². The molecule has 1 saturated heterocycles. The molecule has 0 aliphatic carbocycles. The molecule has 0 radical (unpaired) electrons. The number of aliphatic hydroxyl groups is 1. The van der Waals surface area contributed by atoms with Crippen molar-refractivity contribution in [3.63, 3.8) is 0 Å². The Balaban J connectivity index is 2.18. The van der Waals surface area contributed by atoms with E-state index in [1.807, 2.05) is 13.8 Å². The Morgan fingerprint density at radius 1 is 1.45 bits per heavy atom. The van der Waals surface area contributed by atoms with Crippen LogP contribution in [0.5, 0.6) is 0 Å². The van der Waals surface area contributed by atoms with E-state index in [1.165, 1.54) is 0 Å². The molecule has 0 saturated carbocycles. The standard InChI is InChI=1S/C9H18O2/c1-3-9(10,4-2)6-5-8-7-11-8/h8,10H,3-7H2,1-2H3. The predicted molar refractivity (Wildman–Crippen MR) is 44.5 cm³/mol. The lowest BCUT2D eigenvalue weighted by atomic mass is 9.91. The lowest BCUT2D eigenvalue weighted by Crippen LogP contribution is -2.26. The Morgan fingerprint density at radius 3 is 2.36 bits per heavy atom. The van der Waals surface area contributed by atoms with Gasteiger partial charge < -0.3 is 9.84 Å². The van der Waals surface area contributed by atoms with Crippen LogP contribution in [0.3, 0.4) is 0 Å². The second-order valence-corrected chi connectivity index (χ2v) is 3.43. The van der Waals surface area contributed by atoms with Crippen molar-refractivity contribution in [1.82, 2.24) is 0 Å². The van der Waals surface area contributed by atoms with Crippen LogP contribution in [-0.4, -0.2) is 23.4 Å². The van der Waals surface area contributed by atoms with Gasteiger partial charge in [-0.1, -0.05) is 13.8 Å². The van der Waals surface area contributed by atoms with Gasteiger partial charge in [-0.2, -0.15) is 0 Å². The fraction of sp³-hybridized carbons (Fsp3) is 1.00. The van der Waals surface area contributed by atoms with Crippen LogP contribution in [0.4, 0.5) is 0 Å². The number of hydrogen-bond donors (Lipinski definition) is 1. The van der Waals surface area contributed by atoms with E-state index in [9.17, 15) is 5.11 Å². The molecule has 11 heavy (non-hydrogen) atoms. The van der Waals surface area contributed by atoms with Gasteiger partial charge in [-0.25, -0.2) is 0 Å². The summed E-state index contributed by atoms with van der Waals surface area (Å²) in [4.78, 5) is 0. The van der Waals surface area contributed by atoms with Gasteiger partial charge in [-0.05, 0) is 25.7 Å². The molecule has 1 heterocycles. The van der Waals surface area contributed by atoms with Gasteiger partial charge in [-0.3, -0.25) is 0 Å². The molecule has 1 aliphatic rings. The van der Waals surface area contributed by atoms with Crippen LogP contribution in [0, 0.1) is 0 Å². The molecular formula is C9H18O2. The summed E-state index contributed by atoms with van der Waals surface area (Å²) >= 11 is 0. The van der Waals surface area contributed by atoms with Crippen LogP contribution >= 0.6 is 0 Å². The van der Waals surface area contributed by atoms with E-state index in [2.05, 4.69) is 0 Å². The molecule has 2 heteroatoms. The largest absolute Gasteiger partial charge is 0.390 e. The van der Waals surface area contributed by atoms with Crippen molar-refractivity contribution in [2.24, 2.45) is 0 Å². The zero-order chi connectivity index (χ0) is 8.32. The molecular weight excluding hydrogens is 140 g/mol. The molecule has 1 rings (SSSR count). The topological polar surface area (TPSA) is 32.8 Å². The maximum absolute atomic E-state index is 9.85. The highest BCUT2D eigenvalue weighted by Gasteiger charge is 2.28. The van der Waals surface area contributed by atoms with E-state index in [0.29, 0.717) is 6.10 Å². The van der Waals surface area contributed by atoms with Crippen molar-refractivity contribution in [2.45, 2.75) is 51.2 Å². The number of ether oxygens (including phenoxy) is 1. The quantitative estimate of drug-likeness (QED) is 0.618. The molecule has 1 atom stereocenters. The van der Waals surface area contributed by atoms with E-state index >= 15 is 0 Å². The summed E-state index contributed by atoms with van der Waals surface area (Å²) in [5.41, 5.74) is -0.425. The third kappa shape index (κ3) is 2.80. The molecule has 0 aromatic rings. The summed E-state index contributed by atoms with van der Waals surface area (Å²) in [6.45, 7) is 4.98. The Hall–Kier alpha value is -0.0800. The van der Waals surface area contributed by atoms with Crippen molar-refractivity contribution < 1.29 is 9.84 Å². The van der Waals surface area contributed by atoms with Crippen molar-refractivity contribution in [1.29, 1.82) is 0 Å². The molecule has 0 aromatic heterocycles. The van der Waals surface area contributed by atoms with Crippen LogP contribution in [-0.2, 0) is 4.74 Å². The van der Waals surface area contributed by atoms with Gasteiger partial charge in [0.2, 0.25) is 0 Å². The van der Waals surface area contributed by atoms with Gasteiger partial charge in [0.1, 0.15) is 0 Å². The summed E-state index contributed by atoms with van der Waals surface area (Å²) in [5.74, 6) is 0. The normalized spacial score (nSPS) is 23.7. The highest BCUT2D eigenvalue weighted by Crippen LogP contribution is 2.25. The van der Waals surface area contributed by atoms with Crippen molar-refractivity contribution in [3.8, 4) is 0 Å². The maximum atomic E-state index is 9.85. The summed E-state index contributed by atoms with van der Waals surface area (Å²) in [5, 5.41) is 9.85. The number of hydrogen-bond acceptors (Lipinski definition) is 2. The van der Waals surface area contributed by atoms with Gasteiger partial charge in [0.25, 0.3) is 0 Å². The summed E-state index contributed by atoms with van der Waals surface area (Å²) in [6.07, 6.45) is 4.09. The lowest BCUT2D eigenvalue weighted by Gasteiger charge is -2.24. The third-order valence-corrected chi connectivity index (χ3v) is 2.65. The molecule has 0 bridgehead atoms. The van der Waals surface area contributed by atoms with Crippen LogP contribution in [0.15, 0.2) is 0 Å².